The van der Waals surface area contributed by atoms with Crippen LogP contribution in [0.5, 0.6) is 0 Å². The minimum Gasteiger partial charge on any atom is -0.295 e. The van der Waals surface area contributed by atoms with Crippen LogP contribution in [0.15, 0.2) is 60.7 Å². The lowest BCUT2D eigenvalue weighted by Crippen LogP contribution is -2.24. The maximum atomic E-state index is 12.4. The molecule has 0 aliphatic heterocycles. The van der Waals surface area contributed by atoms with Crippen LogP contribution in [-0.2, 0) is 13.1 Å². The van der Waals surface area contributed by atoms with E-state index in [1.807, 2.05) is 36.4 Å². The fourth-order valence-corrected chi connectivity index (χ4v) is 2.18. The van der Waals surface area contributed by atoms with Gasteiger partial charge in [0.1, 0.15) is 0 Å². The molecule has 0 fully saturated rings. The highest BCUT2D eigenvalue weighted by molar-refractivity contribution is 5.17. The smallest absolute Gasteiger partial charge is 0.0906 e. The number of halogens is 1. The molecule has 19 heavy (non-hydrogen) atoms. The van der Waals surface area contributed by atoms with Gasteiger partial charge in [-0.2, -0.15) is 0 Å². The molecule has 0 spiro atoms. The summed E-state index contributed by atoms with van der Waals surface area (Å²) in [5.74, 6) is 0. The van der Waals surface area contributed by atoms with Crippen molar-refractivity contribution in [2.45, 2.75) is 19.5 Å². The summed E-state index contributed by atoms with van der Waals surface area (Å²) in [6.07, 6.45) is 0.597. The Morgan fingerprint density at radius 1 is 0.737 bits per heavy atom. The fraction of sp³-hybridized carbons (Fsp3) is 0.294. The standard InChI is InChI=1S/C17H20FN/c18-12-7-13-19(14-16-8-3-1-4-9-16)15-17-10-5-2-6-11-17/h1-6,8-11H,7,12-15H2. The van der Waals surface area contributed by atoms with Crippen LogP contribution >= 0.6 is 0 Å². The van der Waals surface area contributed by atoms with E-state index in [1.54, 1.807) is 0 Å². The van der Waals surface area contributed by atoms with Crippen molar-refractivity contribution in [1.29, 1.82) is 0 Å². The molecule has 2 aromatic carbocycles. The van der Waals surface area contributed by atoms with Gasteiger partial charge in [-0.25, -0.2) is 0 Å². The predicted octanol–water partition coefficient (Wildman–Crippen LogP) is 4.05. The summed E-state index contributed by atoms with van der Waals surface area (Å²) >= 11 is 0. The Labute approximate surface area is 114 Å². The first-order chi connectivity index (χ1) is 9.38. The van der Waals surface area contributed by atoms with Crippen molar-refractivity contribution in [3.05, 3.63) is 71.8 Å². The minimum absolute atomic E-state index is 0.250. The molecule has 0 saturated heterocycles. The summed E-state index contributed by atoms with van der Waals surface area (Å²) in [7, 11) is 0. The van der Waals surface area contributed by atoms with Crippen molar-refractivity contribution >= 4 is 0 Å². The predicted molar refractivity (Wildman–Crippen MR) is 77.6 cm³/mol. The van der Waals surface area contributed by atoms with E-state index in [9.17, 15) is 4.39 Å². The lowest BCUT2D eigenvalue weighted by Gasteiger charge is -2.22. The first-order valence-corrected chi connectivity index (χ1v) is 6.74. The van der Waals surface area contributed by atoms with Crippen LogP contribution < -0.4 is 0 Å². The van der Waals surface area contributed by atoms with Crippen molar-refractivity contribution in [1.82, 2.24) is 4.90 Å². The highest BCUT2D eigenvalue weighted by atomic mass is 19.1. The molecule has 0 radical (unpaired) electrons. The van der Waals surface area contributed by atoms with Crippen molar-refractivity contribution in [3.8, 4) is 0 Å². The Morgan fingerprint density at radius 2 is 1.21 bits per heavy atom. The van der Waals surface area contributed by atoms with Crippen molar-refractivity contribution in [2.24, 2.45) is 0 Å². The molecule has 0 N–H and O–H groups in total. The molecule has 0 bridgehead atoms. The molecule has 2 heteroatoms. The number of nitrogens with zero attached hydrogens (tertiary/aromatic N) is 1. The van der Waals surface area contributed by atoms with E-state index in [0.29, 0.717) is 6.42 Å². The van der Waals surface area contributed by atoms with E-state index in [2.05, 4.69) is 29.2 Å². The molecule has 2 aromatic rings. The van der Waals surface area contributed by atoms with E-state index in [1.165, 1.54) is 11.1 Å². The summed E-state index contributed by atoms with van der Waals surface area (Å²) in [5.41, 5.74) is 2.55. The average Bonchev–Trinajstić information content (AvgIpc) is 2.47. The van der Waals surface area contributed by atoms with Crippen LogP contribution in [0.1, 0.15) is 17.5 Å². The fourth-order valence-electron chi connectivity index (χ4n) is 2.18. The highest BCUT2D eigenvalue weighted by Crippen LogP contribution is 2.10. The second-order valence-electron chi connectivity index (χ2n) is 4.72. The quantitative estimate of drug-likeness (QED) is 0.723. The topological polar surface area (TPSA) is 3.24 Å². The highest BCUT2D eigenvalue weighted by Gasteiger charge is 2.06. The number of alkyl halides is 1. The first-order valence-electron chi connectivity index (χ1n) is 6.74. The zero-order chi connectivity index (χ0) is 13.3. The minimum atomic E-state index is -0.250. The number of benzene rings is 2. The zero-order valence-corrected chi connectivity index (χ0v) is 11.1. The van der Waals surface area contributed by atoms with Crippen LogP contribution in [0.3, 0.4) is 0 Å². The monoisotopic (exact) mass is 257 g/mol. The van der Waals surface area contributed by atoms with Crippen LogP contribution in [0.25, 0.3) is 0 Å². The Bertz CT molecular complexity index is 414. The summed E-state index contributed by atoms with van der Waals surface area (Å²) < 4.78 is 12.4. The Hall–Kier alpha value is -1.67. The van der Waals surface area contributed by atoms with Crippen LogP contribution in [0.4, 0.5) is 4.39 Å². The lowest BCUT2D eigenvalue weighted by molar-refractivity contribution is 0.243. The molecule has 0 aromatic heterocycles. The third-order valence-corrected chi connectivity index (χ3v) is 3.11. The van der Waals surface area contributed by atoms with Gasteiger partial charge in [-0.15, -0.1) is 0 Å². The SMILES string of the molecule is FCCCN(Cc1ccccc1)Cc1ccccc1. The summed E-state index contributed by atoms with van der Waals surface area (Å²) in [6.45, 7) is 2.28. The number of hydrogen-bond acceptors (Lipinski definition) is 1. The van der Waals surface area contributed by atoms with Crippen molar-refractivity contribution in [2.75, 3.05) is 13.2 Å². The maximum absolute atomic E-state index is 12.4. The Morgan fingerprint density at radius 3 is 1.63 bits per heavy atom. The third kappa shape index (κ3) is 4.84. The van der Waals surface area contributed by atoms with Gasteiger partial charge in [0, 0.05) is 19.6 Å². The molecule has 2 rings (SSSR count). The Kier molecular flexibility index (Phi) is 5.57. The largest absolute Gasteiger partial charge is 0.295 e. The molecule has 0 aliphatic carbocycles. The third-order valence-electron chi connectivity index (χ3n) is 3.11. The van der Waals surface area contributed by atoms with Gasteiger partial charge >= 0.3 is 0 Å². The molecular formula is C17H20FN. The molecule has 0 saturated carbocycles. The van der Waals surface area contributed by atoms with E-state index in [4.69, 9.17) is 0 Å². The second kappa shape index (κ2) is 7.70. The van der Waals surface area contributed by atoms with Gasteiger partial charge in [0.25, 0.3) is 0 Å². The van der Waals surface area contributed by atoms with Gasteiger partial charge in [-0.3, -0.25) is 9.29 Å². The first kappa shape index (κ1) is 13.8. The Balaban J connectivity index is 1.99. The number of rotatable bonds is 7. The van der Waals surface area contributed by atoms with Gasteiger partial charge in [-0.1, -0.05) is 60.7 Å². The summed E-state index contributed by atoms with van der Waals surface area (Å²) in [6, 6.07) is 20.7. The molecule has 0 amide bonds. The van der Waals surface area contributed by atoms with Gasteiger partial charge in [0.15, 0.2) is 0 Å². The molecule has 100 valence electrons. The molecule has 0 heterocycles. The van der Waals surface area contributed by atoms with Crippen molar-refractivity contribution < 1.29 is 4.39 Å². The normalized spacial score (nSPS) is 10.8. The van der Waals surface area contributed by atoms with Crippen LogP contribution in [-0.4, -0.2) is 18.1 Å². The summed E-state index contributed by atoms with van der Waals surface area (Å²) in [5, 5.41) is 0. The number of hydrogen-bond donors (Lipinski definition) is 0. The van der Waals surface area contributed by atoms with Crippen molar-refractivity contribution in [3.63, 3.8) is 0 Å². The van der Waals surface area contributed by atoms with Gasteiger partial charge in [0.2, 0.25) is 0 Å². The van der Waals surface area contributed by atoms with E-state index < -0.39 is 0 Å². The second-order valence-corrected chi connectivity index (χ2v) is 4.72. The molecule has 0 atom stereocenters. The van der Waals surface area contributed by atoms with E-state index >= 15 is 0 Å². The van der Waals surface area contributed by atoms with Gasteiger partial charge in [0.05, 0.1) is 6.67 Å². The van der Waals surface area contributed by atoms with E-state index in [-0.39, 0.29) is 6.67 Å². The lowest BCUT2D eigenvalue weighted by atomic mass is 10.1. The van der Waals surface area contributed by atoms with Gasteiger partial charge in [-0.05, 0) is 17.5 Å². The maximum Gasteiger partial charge on any atom is 0.0906 e. The summed E-state index contributed by atoms with van der Waals surface area (Å²) in [4.78, 5) is 2.30. The zero-order valence-electron chi connectivity index (χ0n) is 11.1. The van der Waals surface area contributed by atoms with Gasteiger partial charge < -0.3 is 0 Å². The average molecular weight is 257 g/mol. The molecule has 0 unspecified atom stereocenters. The molecule has 0 aliphatic rings. The molecular weight excluding hydrogens is 237 g/mol. The van der Waals surface area contributed by atoms with E-state index in [0.717, 1.165) is 19.6 Å². The van der Waals surface area contributed by atoms with Crippen LogP contribution in [0.2, 0.25) is 0 Å². The van der Waals surface area contributed by atoms with Crippen LogP contribution in [0, 0.1) is 0 Å². The molecule has 1 nitrogen and oxygen atoms in total.